The molecule has 3 heteroatoms. The van der Waals surface area contributed by atoms with E-state index in [2.05, 4.69) is 36.7 Å². The van der Waals surface area contributed by atoms with Gasteiger partial charge in [0.2, 0.25) is 0 Å². The molecule has 1 N–H and O–H groups in total. The number of hydrogen-bond acceptors (Lipinski definition) is 2. The zero-order chi connectivity index (χ0) is 7.61. The summed E-state index contributed by atoms with van der Waals surface area (Å²) in [5.41, 5.74) is 1.35. The third-order valence-electron chi connectivity index (χ3n) is 1.67. The van der Waals surface area contributed by atoms with Gasteiger partial charge in [-0.15, -0.1) is 0 Å². The van der Waals surface area contributed by atoms with Crippen molar-refractivity contribution in [3.8, 4) is 0 Å². The lowest BCUT2D eigenvalue weighted by Crippen LogP contribution is -2.17. The molecule has 0 bridgehead atoms. The van der Waals surface area contributed by atoms with Crippen molar-refractivity contribution >= 4 is 12.6 Å². The Hall–Kier alpha value is -0.440. The maximum absolute atomic E-state index is 4.25. The van der Waals surface area contributed by atoms with E-state index in [0.29, 0.717) is 0 Å². The summed E-state index contributed by atoms with van der Waals surface area (Å²) in [7, 11) is 0. The van der Waals surface area contributed by atoms with Gasteiger partial charge in [0.1, 0.15) is 0 Å². The Balaban J connectivity index is 2.85. The van der Waals surface area contributed by atoms with Gasteiger partial charge in [-0.25, -0.2) is 0 Å². The van der Waals surface area contributed by atoms with Crippen LogP contribution in [0.3, 0.4) is 0 Å². The number of H-pyrrole nitrogens is 1. The second-order valence-electron chi connectivity index (χ2n) is 3.03. The lowest BCUT2D eigenvalue weighted by atomic mass is 9.89. The van der Waals surface area contributed by atoms with Crippen LogP contribution in [-0.4, -0.2) is 16.0 Å². The molecule has 0 radical (unpaired) electrons. The van der Waals surface area contributed by atoms with Crippen LogP contribution in [0.4, 0.5) is 0 Å². The van der Waals surface area contributed by atoms with Crippen molar-refractivity contribution in [2.75, 3.05) is 5.75 Å². The van der Waals surface area contributed by atoms with Crippen LogP contribution < -0.4 is 0 Å². The average molecular weight is 156 g/mol. The number of nitrogens with zero attached hydrogens (tertiary/aromatic N) is 1. The number of hydrogen-bond donors (Lipinski definition) is 2. The predicted octanol–water partition coefficient (Wildman–Crippen LogP) is 1.62. The molecule has 1 heterocycles. The third-order valence-corrected chi connectivity index (χ3v) is 2.47. The molecule has 0 aliphatic heterocycles. The molecule has 10 heavy (non-hydrogen) atoms. The number of thiol groups is 1. The van der Waals surface area contributed by atoms with Crippen LogP contribution in [0.1, 0.15) is 19.4 Å². The molecule has 0 saturated carbocycles. The van der Waals surface area contributed by atoms with Crippen molar-refractivity contribution < 1.29 is 0 Å². The van der Waals surface area contributed by atoms with Gasteiger partial charge in [-0.05, 0) is 11.3 Å². The Morgan fingerprint density at radius 2 is 2.40 bits per heavy atom. The minimum atomic E-state index is 0.135. The second kappa shape index (κ2) is 2.66. The van der Waals surface area contributed by atoms with Gasteiger partial charge in [-0.2, -0.15) is 17.7 Å². The molecule has 0 aromatic carbocycles. The van der Waals surface area contributed by atoms with Crippen molar-refractivity contribution in [3.05, 3.63) is 18.0 Å². The molecular weight excluding hydrogens is 144 g/mol. The molecule has 1 aromatic rings. The zero-order valence-corrected chi connectivity index (χ0v) is 7.15. The van der Waals surface area contributed by atoms with Crippen LogP contribution in [0.5, 0.6) is 0 Å². The predicted molar refractivity (Wildman–Crippen MR) is 45.5 cm³/mol. The van der Waals surface area contributed by atoms with E-state index in [1.165, 1.54) is 5.56 Å². The molecule has 0 amide bonds. The largest absolute Gasteiger partial charge is 0.285 e. The van der Waals surface area contributed by atoms with Crippen LogP contribution in [0, 0.1) is 0 Å². The van der Waals surface area contributed by atoms with E-state index in [-0.39, 0.29) is 5.41 Å². The highest BCUT2D eigenvalue weighted by atomic mass is 32.1. The molecule has 0 fully saturated rings. The van der Waals surface area contributed by atoms with Crippen molar-refractivity contribution in [1.29, 1.82) is 0 Å². The number of rotatable bonds is 2. The van der Waals surface area contributed by atoms with Crippen LogP contribution >= 0.6 is 12.6 Å². The smallest absolute Gasteiger partial charge is 0.0524 e. The van der Waals surface area contributed by atoms with Gasteiger partial charge in [0.15, 0.2) is 0 Å². The van der Waals surface area contributed by atoms with E-state index in [0.717, 1.165) is 5.75 Å². The maximum Gasteiger partial charge on any atom is 0.0524 e. The topological polar surface area (TPSA) is 28.7 Å². The van der Waals surface area contributed by atoms with Crippen LogP contribution in [0.15, 0.2) is 12.4 Å². The fourth-order valence-electron chi connectivity index (χ4n) is 0.712. The average Bonchev–Trinajstić information content (AvgIpc) is 2.38. The van der Waals surface area contributed by atoms with Crippen molar-refractivity contribution in [1.82, 2.24) is 10.2 Å². The van der Waals surface area contributed by atoms with E-state index in [1.807, 2.05) is 12.4 Å². The Morgan fingerprint density at radius 1 is 1.70 bits per heavy atom. The summed E-state index contributed by atoms with van der Waals surface area (Å²) >= 11 is 4.25. The summed E-state index contributed by atoms with van der Waals surface area (Å²) in [5, 5.41) is 6.66. The molecule has 0 atom stereocenters. The summed E-state index contributed by atoms with van der Waals surface area (Å²) in [4.78, 5) is 0. The summed E-state index contributed by atoms with van der Waals surface area (Å²) in [5.74, 6) is 0.840. The molecule has 56 valence electrons. The van der Waals surface area contributed by atoms with Gasteiger partial charge in [0, 0.05) is 11.6 Å². The van der Waals surface area contributed by atoms with E-state index >= 15 is 0 Å². The first kappa shape index (κ1) is 7.66. The van der Waals surface area contributed by atoms with Gasteiger partial charge in [0.05, 0.1) is 6.20 Å². The normalized spacial score (nSPS) is 11.9. The summed E-state index contributed by atoms with van der Waals surface area (Å²) in [6.07, 6.45) is 3.76. The molecule has 0 spiro atoms. The Morgan fingerprint density at radius 3 is 2.80 bits per heavy atom. The summed E-state index contributed by atoms with van der Waals surface area (Å²) in [6, 6.07) is 0. The highest BCUT2D eigenvalue weighted by molar-refractivity contribution is 7.80. The van der Waals surface area contributed by atoms with Crippen LogP contribution in [0.25, 0.3) is 0 Å². The van der Waals surface area contributed by atoms with Gasteiger partial charge in [-0.3, -0.25) is 5.10 Å². The molecule has 1 aromatic heterocycles. The van der Waals surface area contributed by atoms with Gasteiger partial charge in [-0.1, -0.05) is 13.8 Å². The molecule has 1 rings (SSSR count). The van der Waals surface area contributed by atoms with Crippen molar-refractivity contribution in [2.45, 2.75) is 19.3 Å². The van der Waals surface area contributed by atoms with Gasteiger partial charge < -0.3 is 0 Å². The lowest BCUT2D eigenvalue weighted by molar-refractivity contribution is 0.604. The van der Waals surface area contributed by atoms with Gasteiger partial charge >= 0.3 is 0 Å². The fraction of sp³-hybridized carbons (Fsp3) is 0.571. The fourth-order valence-corrected chi connectivity index (χ4v) is 0.895. The Labute approximate surface area is 66.4 Å². The van der Waals surface area contributed by atoms with E-state index in [9.17, 15) is 0 Å². The highest BCUT2D eigenvalue weighted by Gasteiger charge is 2.18. The molecule has 2 nitrogen and oxygen atoms in total. The first-order valence-corrected chi connectivity index (χ1v) is 3.90. The van der Waals surface area contributed by atoms with Crippen molar-refractivity contribution in [3.63, 3.8) is 0 Å². The SMILES string of the molecule is CC(C)(CS)c1cn[nH]c1. The standard InChI is InChI=1S/C7H12N2S/c1-7(2,5-10)6-3-8-9-4-6/h3-4,10H,5H2,1-2H3,(H,8,9). The molecule has 0 unspecified atom stereocenters. The maximum atomic E-state index is 4.25. The minimum Gasteiger partial charge on any atom is -0.285 e. The Kier molecular flexibility index (Phi) is 2.04. The van der Waals surface area contributed by atoms with Crippen molar-refractivity contribution in [2.24, 2.45) is 0 Å². The van der Waals surface area contributed by atoms with Gasteiger partial charge in [0.25, 0.3) is 0 Å². The first-order valence-electron chi connectivity index (χ1n) is 3.27. The number of aromatic nitrogens is 2. The highest BCUT2D eigenvalue weighted by Crippen LogP contribution is 2.22. The summed E-state index contributed by atoms with van der Waals surface area (Å²) < 4.78 is 0. The second-order valence-corrected chi connectivity index (χ2v) is 3.35. The monoisotopic (exact) mass is 156 g/mol. The molecule has 0 aliphatic rings. The Bertz CT molecular complexity index is 191. The van der Waals surface area contributed by atoms with Crippen LogP contribution in [0.2, 0.25) is 0 Å². The summed E-state index contributed by atoms with van der Waals surface area (Å²) in [6.45, 7) is 4.29. The molecular formula is C7H12N2S. The molecule has 0 aliphatic carbocycles. The van der Waals surface area contributed by atoms with E-state index in [4.69, 9.17) is 0 Å². The minimum absolute atomic E-state index is 0.135. The van der Waals surface area contributed by atoms with Crippen LogP contribution in [-0.2, 0) is 5.41 Å². The molecule has 0 saturated heterocycles. The number of aromatic amines is 1. The first-order chi connectivity index (χ1) is 4.67. The van der Waals surface area contributed by atoms with E-state index in [1.54, 1.807) is 0 Å². The quantitative estimate of drug-likeness (QED) is 0.626. The van der Waals surface area contributed by atoms with E-state index < -0.39 is 0 Å². The lowest BCUT2D eigenvalue weighted by Gasteiger charge is -2.19. The number of nitrogens with one attached hydrogen (secondary N) is 1. The third kappa shape index (κ3) is 1.34. The zero-order valence-electron chi connectivity index (χ0n) is 6.26.